The van der Waals surface area contributed by atoms with Gasteiger partial charge in [-0.15, -0.1) is 11.3 Å². The molecule has 1 aromatic carbocycles. The maximum Gasteiger partial charge on any atom is 0.268 e. The van der Waals surface area contributed by atoms with E-state index in [9.17, 15) is 4.79 Å². The summed E-state index contributed by atoms with van der Waals surface area (Å²) in [6.07, 6.45) is 7.10. The molecule has 1 aliphatic carbocycles. The van der Waals surface area contributed by atoms with Crippen molar-refractivity contribution in [2.45, 2.75) is 25.3 Å². The van der Waals surface area contributed by atoms with Gasteiger partial charge in [-0.2, -0.15) is 5.10 Å². The maximum absolute atomic E-state index is 13.0. The van der Waals surface area contributed by atoms with Crippen molar-refractivity contribution in [2.75, 3.05) is 18.4 Å². The summed E-state index contributed by atoms with van der Waals surface area (Å²) in [5, 5.41) is 11.7. The Balaban J connectivity index is 1.30. The van der Waals surface area contributed by atoms with Gasteiger partial charge in [0.05, 0.1) is 15.9 Å². The van der Waals surface area contributed by atoms with Crippen LogP contribution >= 0.6 is 11.3 Å². The number of hydrogen-bond donors (Lipinski definition) is 2. The monoisotopic (exact) mass is 418 g/mol. The number of hydrogen-bond acceptors (Lipinski definition) is 5. The summed E-state index contributed by atoms with van der Waals surface area (Å²) < 4.78 is 4.00. The first kappa shape index (κ1) is 17.9. The third kappa shape index (κ3) is 2.86. The Hall–Kier alpha value is -2.97. The van der Waals surface area contributed by atoms with Gasteiger partial charge in [-0.05, 0) is 61.6 Å². The molecule has 1 amide bonds. The molecule has 30 heavy (non-hydrogen) atoms. The summed E-state index contributed by atoms with van der Waals surface area (Å²) in [7, 11) is 0. The van der Waals surface area contributed by atoms with Crippen LogP contribution in [0.15, 0.2) is 54.9 Å². The lowest BCUT2D eigenvalue weighted by Crippen LogP contribution is -2.40. The van der Waals surface area contributed by atoms with Crippen molar-refractivity contribution >= 4 is 34.2 Å². The van der Waals surface area contributed by atoms with Crippen molar-refractivity contribution in [1.29, 1.82) is 0 Å². The molecule has 0 unspecified atom stereocenters. The SMILES string of the molecule is O=C(Nc1nc2ccccc2n1[C@H]1C[C@@]2(CCNC2)C1)c1ccc(-n2cccn2)s1. The van der Waals surface area contributed by atoms with Crippen LogP contribution in [0.2, 0.25) is 0 Å². The van der Waals surface area contributed by atoms with Crippen LogP contribution in [-0.2, 0) is 0 Å². The second-order valence-electron chi connectivity index (χ2n) is 8.33. The van der Waals surface area contributed by atoms with E-state index < -0.39 is 0 Å². The number of para-hydroxylation sites is 2. The number of nitrogens with one attached hydrogen (secondary N) is 2. The third-order valence-corrected chi connectivity index (χ3v) is 7.48. The molecule has 3 aromatic heterocycles. The van der Waals surface area contributed by atoms with Crippen LogP contribution in [0.4, 0.5) is 5.95 Å². The largest absolute Gasteiger partial charge is 0.316 e. The van der Waals surface area contributed by atoms with Crippen molar-refractivity contribution in [3.63, 3.8) is 0 Å². The molecule has 4 heterocycles. The number of thiophene rings is 1. The second-order valence-corrected chi connectivity index (χ2v) is 9.39. The highest BCUT2D eigenvalue weighted by atomic mass is 32.1. The van der Waals surface area contributed by atoms with E-state index in [0.717, 1.165) is 42.0 Å². The minimum atomic E-state index is -0.133. The summed E-state index contributed by atoms with van der Waals surface area (Å²) in [6.45, 7) is 2.21. The van der Waals surface area contributed by atoms with Crippen molar-refractivity contribution in [2.24, 2.45) is 5.41 Å². The summed E-state index contributed by atoms with van der Waals surface area (Å²) in [6, 6.07) is 14.1. The second kappa shape index (κ2) is 6.78. The summed E-state index contributed by atoms with van der Waals surface area (Å²) in [4.78, 5) is 18.4. The van der Waals surface area contributed by atoms with Gasteiger partial charge in [0.2, 0.25) is 5.95 Å². The molecule has 4 aromatic rings. The van der Waals surface area contributed by atoms with Crippen LogP contribution < -0.4 is 10.6 Å². The predicted octanol–water partition coefficient (Wildman–Crippen LogP) is 3.85. The Kier molecular flexibility index (Phi) is 4.04. The summed E-state index contributed by atoms with van der Waals surface area (Å²) in [5.41, 5.74) is 2.42. The Morgan fingerprint density at radius 2 is 2.10 bits per heavy atom. The van der Waals surface area contributed by atoms with E-state index in [1.165, 1.54) is 17.8 Å². The Morgan fingerprint density at radius 1 is 1.20 bits per heavy atom. The van der Waals surface area contributed by atoms with Crippen LogP contribution in [0, 0.1) is 5.41 Å². The van der Waals surface area contributed by atoms with E-state index >= 15 is 0 Å². The number of nitrogens with zero attached hydrogens (tertiary/aromatic N) is 4. The summed E-state index contributed by atoms with van der Waals surface area (Å²) in [5.74, 6) is 0.507. The van der Waals surface area contributed by atoms with Crippen molar-refractivity contribution in [3.05, 3.63) is 59.7 Å². The number of aromatic nitrogens is 4. The molecular weight excluding hydrogens is 396 g/mol. The molecule has 0 bridgehead atoms. The number of imidazole rings is 1. The van der Waals surface area contributed by atoms with Crippen LogP contribution in [0.25, 0.3) is 16.0 Å². The van der Waals surface area contributed by atoms with E-state index in [0.29, 0.717) is 22.3 Å². The topological polar surface area (TPSA) is 76.8 Å². The smallest absolute Gasteiger partial charge is 0.268 e. The molecule has 0 atom stereocenters. The fourth-order valence-corrected chi connectivity index (χ4v) is 5.75. The van der Waals surface area contributed by atoms with E-state index in [4.69, 9.17) is 4.98 Å². The fraction of sp³-hybridized carbons (Fsp3) is 0.318. The van der Waals surface area contributed by atoms with E-state index in [1.54, 1.807) is 10.9 Å². The quantitative estimate of drug-likeness (QED) is 0.528. The molecule has 8 heteroatoms. The number of amides is 1. The van der Waals surface area contributed by atoms with Gasteiger partial charge in [-0.3, -0.25) is 10.1 Å². The van der Waals surface area contributed by atoms with Crippen molar-refractivity contribution in [1.82, 2.24) is 24.6 Å². The lowest BCUT2D eigenvalue weighted by atomic mass is 9.65. The summed E-state index contributed by atoms with van der Waals surface area (Å²) >= 11 is 1.42. The van der Waals surface area contributed by atoms with E-state index in [1.807, 2.05) is 42.6 Å². The molecule has 1 saturated heterocycles. The highest BCUT2D eigenvalue weighted by molar-refractivity contribution is 7.16. The molecular formula is C22H22N6OS. The Labute approximate surface area is 177 Å². The maximum atomic E-state index is 13.0. The first-order valence-electron chi connectivity index (χ1n) is 10.3. The predicted molar refractivity (Wildman–Crippen MR) is 117 cm³/mol. The highest BCUT2D eigenvalue weighted by Gasteiger charge is 2.47. The van der Waals surface area contributed by atoms with Gasteiger partial charge in [0, 0.05) is 25.0 Å². The van der Waals surface area contributed by atoms with Crippen molar-refractivity contribution < 1.29 is 4.79 Å². The number of anilines is 1. The van der Waals surface area contributed by atoms with Gasteiger partial charge >= 0.3 is 0 Å². The molecule has 1 aliphatic heterocycles. The number of fused-ring (bicyclic) bond motifs is 1. The first-order chi connectivity index (χ1) is 14.7. The van der Waals surface area contributed by atoms with Gasteiger partial charge < -0.3 is 9.88 Å². The van der Waals surface area contributed by atoms with Crippen LogP contribution in [-0.4, -0.2) is 38.3 Å². The molecule has 152 valence electrons. The lowest BCUT2D eigenvalue weighted by molar-refractivity contribution is 0.0874. The van der Waals surface area contributed by atoms with Crippen LogP contribution in [0.5, 0.6) is 0 Å². The van der Waals surface area contributed by atoms with Gasteiger partial charge in [0.1, 0.15) is 5.00 Å². The molecule has 1 saturated carbocycles. The highest BCUT2D eigenvalue weighted by Crippen LogP contribution is 2.53. The molecule has 1 spiro atoms. The van der Waals surface area contributed by atoms with Crippen LogP contribution in [0.3, 0.4) is 0 Å². The van der Waals surface area contributed by atoms with Crippen molar-refractivity contribution in [3.8, 4) is 5.00 Å². The van der Waals surface area contributed by atoms with Gasteiger partial charge in [0.25, 0.3) is 5.91 Å². The molecule has 2 aliphatic rings. The zero-order chi connectivity index (χ0) is 20.1. The number of carbonyl (C=O) groups excluding carboxylic acids is 1. The van der Waals surface area contributed by atoms with Gasteiger partial charge in [-0.1, -0.05) is 12.1 Å². The van der Waals surface area contributed by atoms with E-state index in [2.05, 4.69) is 26.4 Å². The molecule has 7 nitrogen and oxygen atoms in total. The van der Waals surface area contributed by atoms with Gasteiger partial charge in [0.15, 0.2) is 0 Å². The molecule has 2 N–H and O–H groups in total. The number of benzene rings is 1. The minimum absolute atomic E-state index is 0.133. The van der Waals surface area contributed by atoms with Crippen LogP contribution in [0.1, 0.15) is 35.0 Å². The standard InChI is InChI=1S/C22H22N6OS/c29-20(18-6-7-19(30-18)27-11-3-9-24-27)26-21-25-16-4-1-2-5-17(16)28(21)15-12-22(13-15)8-10-23-14-22/h1-7,9,11,15,23H,8,10,12-14H2,(H,25,26,29)/t15-,22-. The average molecular weight is 419 g/mol. The lowest BCUT2D eigenvalue weighted by Gasteiger charge is -2.46. The fourth-order valence-electron chi connectivity index (χ4n) is 4.90. The Morgan fingerprint density at radius 3 is 2.90 bits per heavy atom. The zero-order valence-corrected chi connectivity index (χ0v) is 17.2. The number of rotatable bonds is 4. The zero-order valence-electron chi connectivity index (χ0n) is 16.4. The normalized spacial score (nSPS) is 23.1. The first-order valence-corrected chi connectivity index (χ1v) is 11.1. The average Bonchev–Trinajstić information content (AvgIpc) is 3.52. The molecule has 0 radical (unpaired) electrons. The van der Waals surface area contributed by atoms with Gasteiger partial charge in [-0.25, -0.2) is 9.67 Å². The molecule has 6 rings (SSSR count). The third-order valence-electron chi connectivity index (χ3n) is 6.40. The number of carbonyl (C=O) groups is 1. The van der Waals surface area contributed by atoms with E-state index in [-0.39, 0.29) is 5.91 Å². The Bertz CT molecular complexity index is 1210. The molecule has 2 fully saturated rings. The minimum Gasteiger partial charge on any atom is -0.316 e.